The third-order valence-electron chi connectivity index (χ3n) is 4.44. The largest absolute Gasteiger partial charge is 0.480 e. The Morgan fingerprint density at radius 3 is 2.74 bits per heavy atom. The van der Waals surface area contributed by atoms with E-state index in [1.54, 1.807) is 25.1 Å². The molecule has 4 rings (SSSR count). The molecule has 3 aromatic rings. The molecule has 2 heterocycles. The highest BCUT2D eigenvalue weighted by atomic mass is 32.2. The van der Waals surface area contributed by atoms with E-state index in [9.17, 15) is 23.3 Å². The number of benzene rings is 2. The maximum absolute atomic E-state index is 12.8. The van der Waals surface area contributed by atoms with Crippen LogP contribution in [0.2, 0.25) is 0 Å². The second-order valence-electron chi connectivity index (χ2n) is 6.74. The van der Waals surface area contributed by atoms with Crippen LogP contribution >= 0.6 is 23.1 Å². The topological polar surface area (TPSA) is 140 Å². The molecular formula is C18H13BN3O6S3. The Labute approximate surface area is 185 Å². The highest BCUT2D eigenvalue weighted by Crippen LogP contribution is 2.30. The zero-order valence-electron chi connectivity index (χ0n) is 15.9. The first-order chi connectivity index (χ1) is 14.6. The fourth-order valence-corrected chi connectivity index (χ4v) is 6.40. The number of nitro groups is 1. The molecule has 1 N–H and O–H groups in total. The van der Waals surface area contributed by atoms with Crippen molar-refractivity contribution in [1.82, 2.24) is 4.98 Å². The van der Waals surface area contributed by atoms with Gasteiger partial charge in [0, 0.05) is 11.8 Å². The van der Waals surface area contributed by atoms with Crippen molar-refractivity contribution in [2.45, 2.75) is 17.9 Å². The fourth-order valence-electron chi connectivity index (χ4n) is 2.98. The van der Waals surface area contributed by atoms with E-state index in [2.05, 4.69) is 9.98 Å². The molecule has 0 bridgehead atoms. The van der Waals surface area contributed by atoms with Gasteiger partial charge in [0.15, 0.2) is 6.04 Å². The third-order valence-corrected chi connectivity index (χ3v) is 8.19. The molecule has 1 radical (unpaired) electrons. The number of nitro benzene ring substituents is 1. The van der Waals surface area contributed by atoms with E-state index in [-0.39, 0.29) is 4.90 Å². The summed E-state index contributed by atoms with van der Waals surface area (Å²) in [6.45, 7) is 2.64. The normalized spacial score (nSPS) is 16.3. The van der Waals surface area contributed by atoms with Crippen LogP contribution in [-0.4, -0.2) is 52.8 Å². The number of carboxylic acid groups (broad SMARTS) is 1. The van der Waals surface area contributed by atoms with Crippen molar-refractivity contribution < 1.29 is 23.2 Å². The molecular weight excluding hydrogens is 461 g/mol. The summed E-state index contributed by atoms with van der Waals surface area (Å²) in [5.41, 5.74) is 1.09. The Hall–Kier alpha value is -2.77. The van der Waals surface area contributed by atoms with Crippen LogP contribution < -0.4 is 5.46 Å². The quantitative estimate of drug-likeness (QED) is 0.326. The van der Waals surface area contributed by atoms with Crippen molar-refractivity contribution in [3.05, 3.63) is 57.1 Å². The molecule has 0 unspecified atom stereocenters. The molecule has 31 heavy (non-hydrogen) atoms. The number of aromatic nitrogens is 1. The molecule has 1 aromatic heterocycles. The van der Waals surface area contributed by atoms with Crippen molar-refractivity contribution in [3.8, 4) is 0 Å². The van der Waals surface area contributed by atoms with Crippen LogP contribution in [0.5, 0.6) is 0 Å². The Balaban J connectivity index is 1.65. The predicted octanol–water partition coefficient (Wildman–Crippen LogP) is 2.18. The Morgan fingerprint density at radius 2 is 2.06 bits per heavy atom. The summed E-state index contributed by atoms with van der Waals surface area (Å²) in [6.07, 6.45) is 0. The van der Waals surface area contributed by atoms with Gasteiger partial charge in [0.05, 0.1) is 15.1 Å². The lowest BCUT2D eigenvalue weighted by Gasteiger charge is -2.05. The number of carbonyl (C=O) groups is 1. The van der Waals surface area contributed by atoms with Crippen LogP contribution in [0.25, 0.3) is 10.2 Å². The van der Waals surface area contributed by atoms with Gasteiger partial charge in [-0.2, -0.15) is 0 Å². The summed E-state index contributed by atoms with van der Waals surface area (Å²) >= 11 is 2.59. The summed E-state index contributed by atoms with van der Waals surface area (Å²) < 4.78 is 26.4. The molecule has 1 aliphatic heterocycles. The summed E-state index contributed by atoms with van der Waals surface area (Å²) in [5, 5.41) is 21.5. The molecule has 2 aromatic carbocycles. The van der Waals surface area contributed by atoms with E-state index in [4.69, 9.17) is 5.11 Å². The lowest BCUT2D eigenvalue weighted by atomic mass is 9.94. The number of carboxylic acids is 1. The van der Waals surface area contributed by atoms with Crippen LogP contribution in [0.1, 0.15) is 10.6 Å². The van der Waals surface area contributed by atoms with Gasteiger partial charge in [-0.25, -0.2) is 18.2 Å². The fraction of sp³-hybridized carbons (Fsp3) is 0.167. The van der Waals surface area contributed by atoms with Gasteiger partial charge in [0.2, 0.25) is 0 Å². The number of aliphatic carboxylic acids is 1. The maximum atomic E-state index is 12.8. The van der Waals surface area contributed by atoms with Crippen molar-refractivity contribution in [2.75, 3.05) is 5.75 Å². The zero-order valence-corrected chi connectivity index (χ0v) is 18.3. The number of fused-ring (bicyclic) bond motifs is 1. The maximum Gasteiger partial charge on any atom is 0.329 e. The van der Waals surface area contributed by atoms with E-state index in [0.29, 0.717) is 37.0 Å². The van der Waals surface area contributed by atoms with E-state index < -0.39 is 32.3 Å². The SMILES string of the molecule is Cc1ccc(S(=O)(=O)[B]c2ccc3nc(C4=N[C@@H](C(=O)O)CS4)sc3c2)c([N+](=O)[O-])c1. The molecule has 1 atom stereocenters. The number of hydrogen-bond acceptors (Lipinski definition) is 9. The van der Waals surface area contributed by atoms with Gasteiger partial charge >= 0.3 is 12.5 Å². The number of rotatable bonds is 6. The minimum absolute atomic E-state index is 0.340. The van der Waals surface area contributed by atoms with E-state index >= 15 is 0 Å². The van der Waals surface area contributed by atoms with Gasteiger partial charge in [-0.3, -0.25) is 15.1 Å². The summed E-state index contributed by atoms with van der Waals surface area (Å²) in [7, 11) is -4.08. The number of aryl methyl sites for hydroxylation is 1. The van der Waals surface area contributed by atoms with Gasteiger partial charge in [0.1, 0.15) is 24.6 Å². The molecule has 0 amide bonds. The first-order valence-electron chi connectivity index (χ1n) is 8.83. The van der Waals surface area contributed by atoms with Crippen molar-refractivity contribution in [1.29, 1.82) is 0 Å². The molecule has 0 saturated heterocycles. The average Bonchev–Trinajstić information content (AvgIpc) is 3.34. The summed E-state index contributed by atoms with van der Waals surface area (Å²) in [4.78, 5) is 29.9. The van der Waals surface area contributed by atoms with Crippen molar-refractivity contribution in [2.24, 2.45) is 4.99 Å². The first kappa shape index (κ1) is 21.5. The van der Waals surface area contributed by atoms with Crippen molar-refractivity contribution >= 4 is 71.7 Å². The van der Waals surface area contributed by atoms with E-state index in [1.807, 2.05) is 0 Å². The lowest BCUT2D eigenvalue weighted by molar-refractivity contribution is -0.387. The van der Waals surface area contributed by atoms with Gasteiger partial charge < -0.3 is 5.11 Å². The lowest BCUT2D eigenvalue weighted by Crippen LogP contribution is -2.24. The molecule has 1 aliphatic rings. The standard InChI is InChI=1S/C18H13BN3O6S3/c1-9-2-5-15(13(6-9)22(25)26)31(27,28)19-10-3-4-11-14(7-10)30-17(20-11)16-21-12(8-29-16)18(23)24/h2-7,12H,8H2,1H3,(H,23,24)/t12-/m1/s1. The average molecular weight is 474 g/mol. The Morgan fingerprint density at radius 1 is 1.29 bits per heavy atom. The van der Waals surface area contributed by atoms with Crippen LogP contribution in [-0.2, 0) is 14.5 Å². The number of thiazole rings is 1. The molecule has 9 nitrogen and oxygen atoms in total. The van der Waals surface area contributed by atoms with Crippen molar-refractivity contribution in [3.63, 3.8) is 0 Å². The number of thioether (sulfide) groups is 1. The van der Waals surface area contributed by atoms with Gasteiger partial charge in [-0.1, -0.05) is 17.6 Å². The second-order valence-corrected chi connectivity index (χ2v) is 10.5. The van der Waals surface area contributed by atoms with Crippen LogP contribution in [0.15, 0.2) is 46.3 Å². The smallest absolute Gasteiger partial charge is 0.329 e. The molecule has 157 valence electrons. The second kappa shape index (κ2) is 8.06. The summed E-state index contributed by atoms with van der Waals surface area (Å²) in [5.74, 6) is -0.649. The minimum Gasteiger partial charge on any atom is -0.480 e. The van der Waals surface area contributed by atoms with E-state index in [0.717, 1.165) is 6.56 Å². The van der Waals surface area contributed by atoms with Crippen LogP contribution in [0.4, 0.5) is 5.69 Å². The van der Waals surface area contributed by atoms with E-state index in [1.165, 1.54) is 41.3 Å². The first-order valence-corrected chi connectivity index (χ1v) is 12.2. The highest BCUT2D eigenvalue weighted by Gasteiger charge is 2.29. The number of hydrogen-bond donors (Lipinski definition) is 1. The summed E-state index contributed by atoms with van der Waals surface area (Å²) in [6, 6.07) is 8.01. The highest BCUT2D eigenvalue weighted by molar-refractivity contribution is 8.16. The monoisotopic (exact) mass is 474 g/mol. The zero-order chi connectivity index (χ0) is 22.3. The van der Waals surface area contributed by atoms with Gasteiger partial charge in [0.25, 0.3) is 5.69 Å². The Bertz CT molecular complexity index is 1370. The van der Waals surface area contributed by atoms with Crippen LogP contribution in [0.3, 0.4) is 0 Å². The molecule has 0 spiro atoms. The third kappa shape index (κ3) is 4.34. The predicted molar refractivity (Wildman–Crippen MR) is 120 cm³/mol. The minimum atomic E-state index is -4.08. The Kier molecular flexibility index (Phi) is 5.58. The van der Waals surface area contributed by atoms with Crippen LogP contribution in [0, 0.1) is 17.0 Å². The molecule has 13 heteroatoms. The number of nitrogens with zero attached hydrogens (tertiary/aromatic N) is 3. The number of aliphatic imine (C=N–C) groups is 1. The molecule has 0 saturated carbocycles. The molecule has 0 aliphatic carbocycles. The van der Waals surface area contributed by atoms with Gasteiger partial charge in [-0.05, 0) is 30.7 Å². The molecule has 0 fully saturated rings. The van der Waals surface area contributed by atoms with Gasteiger partial charge in [-0.15, -0.1) is 23.1 Å².